The zero-order valence-corrected chi connectivity index (χ0v) is 17.3. The molecule has 0 spiro atoms. The number of hydrogen-bond donors (Lipinski definition) is 3. The van der Waals surface area contributed by atoms with Gasteiger partial charge in [0.2, 0.25) is 0 Å². The highest BCUT2D eigenvalue weighted by Crippen LogP contribution is 2.28. The molecule has 0 unspecified atom stereocenters. The number of halogens is 3. The molecule has 0 saturated carbocycles. The molecule has 1 heterocycles. The first-order valence-corrected chi connectivity index (χ1v) is 9.48. The Bertz CT molecular complexity index is 1070. The van der Waals surface area contributed by atoms with Gasteiger partial charge < -0.3 is 16.8 Å². The number of rotatable bonds is 4. The van der Waals surface area contributed by atoms with Crippen molar-refractivity contribution in [1.82, 2.24) is 9.78 Å². The molecule has 2 aromatic carbocycles. The minimum atomic E-state index is -0.360. The molecule has 5 N–H and O–H groups in total. The van der Waals surface area contributed by atoms with E-state index in [-0.39, 0.29) is 34.5 Å². The molecule has 144 valence electrons. The van der Waals surface area contributed by atoms with E-state index in [1.165, 1.54) is 0 Å². The Morgan fingerprint density at radius 3 is 2.39 bits per heavy atom. The molecule has 0 bridgehead atoms. The predicted octanol–water partition coefficient (Wildman–Crippen LogP) is 4.68. The first-order valence-electron chi connectivity index (χ1n) is 7.94. The molecule has 3 rings (SSSR count). The van der Waals surface area contributed by atoms with Crippen LogP contribution in [0.1, 0.15) is 15.9 Å². The van der Waals surface area contributed by atoms with Crippen molar-refractivity contribution in [3.05, 3.63) is 68.7 Å². The van der Waals surface area contributed by atoms with Gasteiger partial charge >= 0.3 is 0 Å². The molecule has 6 nitrogen and oxygen atoms in total. The van der Waals surface area contributed by atoms with E-state index in [0.29, 0.717) is 20.8 Å². The van der Waals surface area contributed by atoms with E-state index < -0.39 is 0 Å². The summed E-state index contributed by atoms with van der Waals surface area (Å²) in [6.07, 6.45) is 0.0717. The van der Waals surface area contributed by atoms with Gasteiger partial charge in [-0.25, -0.2) is 0 Å². The maximum atomic E-state index is 12.6. The van der Waals surface area contributed by atoms with Gasteiger partial charge in [0.05, 0.1) is 22.7 Å². The maximum absolute atomic E-state index is 12.6. The second-order valence-corrected chi connectivity index (χ2v) is 7.52. The number of nitrogens with two attached hydrogens (primary N) is 2. The number of hydrogen-bond acceptors (Lipinski definition) is 5. The van der Waals surface area contributed by atoms with Gasteiger partial charge in [0.1, 0.15) is 10.8 Å². The van der Waals surface area contributed by atoms with Gasteiger partial charge in [-0.1, -0.05) is 59.2 Å². The number of aromatic nitrogens is 2. The minimum absolute atomic E-state index is 0.0256. The first kappa shape index (κ1) is 20.4. The minimum Gasteiger partial charge on any atom is -0.383 e. The Kier molecular flexibility index (Phi) is 6.10. The standard InChI is InChI=1S/C18H14Cl3N5OS/c19-10-3-1-9(2-4-10)7-14(27)26-17(23)15(16(22)25-26)18(28)24-13-8-11(20)5-6-12(13)21/h1-6,8H,7,23H2,(H2,22,25)(H,24,28). The summed E-state index contributed by atoms with van der Waals surface area (Å²) >= 11 is 23.3. The summed E-state index contributed by atoms with van der Waals surface area (Å²) in [6, 6.07) is 11.8. The number of nitrogens with zero attached hydrogens (tertiary/aromatic N) is 2. The lowest BCUT2D eigenvalue weighted by Gasteiger charge is -2.10. The average Bonchev–Trinajstić information content (AvgIpc) is 2.94. The lowest BCUT2D eigenvalue weighted by Crippen LogP contribution is -2.19. The van der Waals surface area contributed by atoms with Gasteiger partial charge in [-0.3, -0.25) is 4.79 Å². The van der Waals surface area contributed by atoms with Crippen LogP contribution in [-0.4, -0.2) is 20.7 Å². The summed E-state index contributed by atoms with van der Waals surface area (Å²) in [5.74, 6) is -0.300. The number of anilines is 3. The van der Waals surface area contributed by atoms with E-state index in [9.17, 15) is 4.79 Å². The molecule has 28 heavy (non-hydrogen) atoms. The fraction of sp³-hybridized carbons (Fsp3) is 0.0556. The molecule has 0 aliphatic carbocycles. The smallest absolute Gasteiger partial charge is 0.253 e. The maximum Gasteiger partial charge on any atom is 0.253 e. The van der Waals surface area contributed by atoms with Crippen LogP contribution in [0, 0.1) is 0 Å². The number of carbonyl (C=O) groups is 1. The first-order chi connectivity index (χ1) is 13.3. The van der Waals surface area contributed by atoms with E-state index in [1.807, 2.05) is 0 Å². The Balaban J connectivity index is 1.84. The van der Waals surface area contributed by atoms with E-state index in [1.54, 1.807) is 42.5 Å². The lowest BCUT2D eigenvalue weighted by molar-refractivity contribution is 0.0902. The molecule has 0 atom stereocenters. The fourth-order valence-electron chi connectivity index (χ4n) is 2.50. The summed E-state index contributed by atoms with van der Waals surface area (Å²) in [6.45, 7) is 0. The molecule has 0 aliphatic heterocycles. The number of carbonyl (C=O) groups excluding carboxylic acids is 1. The molecule has 0 amide bonds. The number of thiocarbonyl (C=S) groups is 1. The van der Waals surface area contributed by atoms with Gasteiger partial charge in [-0.05, 0) is 35.9 Å². The molecule has 1 aromatic heterocycles. The monoisotopic (exact) mass is 453 g/mol. The van der Waals surface area contributed by atoms with Crippen molar-refractivity contribution in [3.8, 4) is 0 Å². The SMILES string of the molecule is Nc1nn(C(=O)Cc2ccc(Cl)cc2)c(N)c1C(=S)Nc1cc(Cl)ccc1Cl. The van der Waals surface area contributed by atoms with E-state index in [2.05, 4.69) is 10.4 Å². The third-order valence-electron chi connectivity index (χ3n) is 3.86. The predicted molar refractivity (Wildman–Crippen MR) is 119 cm³/mol. The van der Waals surface area contributed by atoms with Crippen molar-refractivity contribution in [2.24, 2.45) is 0 Å². The fourth-order valence-corrected chi connectivity index (χ4v) is 3.28. The normalized spacial score (nSPS) is 10.7. The van der Waals surface area contributed by atoms with Gasteiger partial charge in [-0.2, -0.15) is 4.68 Å². The average molecular weight is 455 g/mol. The Hall–Kier alpha value is -2.32. The second kappa shape index (κ2) is 8.36. The summed E-state index contributed by atoms with van der Waals surface area (Å²) in [5.41, 5.74) is 13.5. The van der Waals surface area contributed by atoms with E-state index in [0.717, 1.165) is 10.2 Å². The summed E-state index contributed by atoms with van der Waals surface area (Å²) in [5, 5.41) is 8.44. The van der Waals surface area contributed by atoms with Crippen molar-refractivity contribution in [2.75, 3.05) is 16.8 Å². The van der Waals surface area contributed by atoms with Crippen molar-refractivity contribution in [2.45, 2.75) is 6.42 Å². The van der Waals surface area contributed by atoms with Gasteiger partial charge in [0, 0.05) is 10.0 Å². The number of benzene rings is 2. The Labute approximate surface area is 181 Å². The number of nitrogen functional groups attached to an aromatic ring is 2. The van der Waals surface area contributed by atoms with E-state index in [4.69, 9.17) is 58.5 Å². The summed E-state index contributed by atoms with van der Waals surface area (Å²) in [7, 11) is 0. The van der Waals surface area contributed by atoms with E-state index >= 15 is 0 Å². The third-order valence-corrected chi connectivity index (χ3v) is 4.98. The summed E-state index contributed by atoms with van der Waals surface area (Å²) < 4.78 is 1.03. The number of nitrogens with one attached hydrogen (secondary N) is 1. The van der Waals surface area contributed by atoms with Gasteiger partial charge in [0.25, 0.3) is 5.91 Å². The molecule has 0 saturated heterocycles. The molecule has 10 heteroatoms. The van der Waals surface area contributed by atoms with Crippen LogP contribution in [0.25, 0.3) is 0 Å². The van der Waals surface area contributed by atoms with Crippen molar-refractivity contribution >= 4 is 75.2 Å². The van der Waals surface area contributed by atoms with Crippen molar-refractivity contribution in [3.63, 3.8) is 0 Å². The quantitative estimate of drug-likeness (QED) is 0.495. The van der Waals surface area contributed by atoms with Gasteiger partial charge in [0.15, 0.2) is 5.82 Å². The summed E-state index contributed by atoms with van der Waals surface area (Å²) in [4.78, 5) is 12.8. The van der Waals surface area contributed by atoms with Crippen LogP contribution in [0.5, 0.6) is 0 Å². The molecule has 0 radical (unpaired) electrons. The van der Waals surface area contributed by atoms with Crippen LogP contribution in [0.4, 0.5) is 17.3 Å². The van der Waals surface area contributed by atoms with Crippen LogP contribution >= 0.6 is 47.0 Å². The molecular weight excluding hydrogens is 441 g/mol. The lowest BCUT2D eigenvalue weighted by atomic mass is 10.1. The van der Waals surface area contributed by atoms with Crippen LogP contribution < -0.4 is 16.8 Å². The third kappa shape index (κ3) is 4.39. The molecular formula is C18H14Cl3N5OS. The van der Waals surface area contributed by atoms with Gasteiger partial charge in [-0.15, -0.1) is 5.10 Å². The molecule has 0 fully saturated rings. The highest BCUT2D eigenvalue weighted by Gasteiger charge is 2.22. The largest absolute Gasteiger partial charge is 0.383 e. The second-order valence-electron chi connectivity index (χ2n) is 5.83. The van der Waals surface area contributed by atoms with Crippen molar-refractivity contribution < 1.29 is 4.79 Å². The van der Waals surface area contributed by atoms with Crippen LogP contribution in [0.3, 0.4) is 0 Å². The topological polar surface area (TPSA) is 99.0 Å². The van der Waals surface area contributed by atoms with Crippen LogP contribution in [0.15, 0.2) is 42.5 Å². The van der Waals surface area contributed by atoms with Crippen molar-refractivity contribution in [1.29, 1.82) is 0 Å². The Morgan fingerprint density at radius 2 is 1.71 bits per heavy atom. The van der Waals surface area contributed by atoms with Crippen LogP contribution in [0.2, 0.25) is 15.1 Å². The highest BCUT2D eigenvalue weighted by atomic mass is 35.5. The zero-order valence-electron chi connectivity index (χ0n) is 14.2. The highest BCUT2D eigenvalue weighted by molar-refractivity contribution is 7.81. The Morgan fingerprint density at radius 1 is 1.07 bits per heavy atom. The molecule has 3 aromatic rings. The molecule has 0 aliphatic rings. The zero-order chi connectivity index (χ0) is 20.4. The van der Waals surface area contributed by atoms with Crippen LogP contribution in [-0.2, 0) is 6.42 Å².